The minimum absolute atomic E-state index is 0.469. The number of carboxylic acids is 1. The van der Waals surface area contributed by atoms with E-state index < -0.39 is 40.2 Å². The number of likely N-dealkylation sites (N-methyl/N-ethyl adjacent to an activating group) is 1. The van der Waals surface area contributed by atoms with E-state index >= 15 is 0 Å². The number of hydrogen-bond acceptors (Lipinski definition) is 5. The summed E-state index contributed by atoms with van der Waals surface area (Å²) < 4.78 is 28.2. The van der Waals surface area contributed by atoms with Crippen LogP contribution >= 0.6 is 0 Å². The van der Waals surface area contributed by atoms with Gasteiger partial charge in [-0.2, -0.15) is 4.31 Å². The van der Waals surface area contributed by atoms with Crippen LogP contribution in [0.5, 0.6) is 0 Å². The van der Waals surface area contributed by atoms with Crippen molar-refractivity contribution in [2.45, 2.75) is 6.92 Å². The molecule has 0 bridgehead atoms. The van der Waals surface area contributed by atoms with E-state index in [-0.39, 0.29) is 0 Å². The van der Waals surface area contributed by atoms with E-state index in [9.17, 15) is 18.0 Å². The summed E-state index contributed by atoms with van der Waals surface area (Å²) in [5.41, 5.74) is 0. The molecule has 0 aliphatic rings. The Morgan fingerprint density at radius 2 is 1.94 bits per heavy atom. The van der Waals surface area contributed by atoms with Crippen molar-refractivity contribution in [3.63, 3.8) is 0 Å². The first-order valence-corrected chi connectivity index (χ1v) is 6.05. The zero-order valence-electron chi connectivity index (χ0n) is 9.34. The molecule has 0 fully saturated rings. The molecule has 0 aromatic rings. The highest BCUT2D eigenvalue weighted by atomic mass is 32.2. The molecule has 0 aromatic heterocycles. The van der Waals surface area contributed by atoms with Gasteiger partial charge in [-0.05, 0) is 0 Å². The summed E-state index contributed by atoms with van der Waals surface area (Å²) >= 11 is 0. The van der Waals surface area contributed by atoms with E-state index in [1.807, 2.05) is 0 Å². The smallest absolute Gasteiger partial charge is 0.318 e. The lowest BCUT2D eigenvalue weighted by atomic mass is 10.2. The van der Waals surface area contributed by atoms with Crippen molar-refractivity contribution in [2.24, 2.45) is 5.92 Å². The maximum atomic E-state index is 11.6. The van der Waals surface area contributed by atoms with Gasteiger partial charge in [0.2, 0.25) is 10.0 Å². The predicted octanol–water partition coefficient (Wildman–Crippen LogP) is -0.858. The maximum absolute atomic E-state index is 11.6. The molecule has 1 unspecified atom stereocenters. The summed E-state index contributed by atoms with van der Waals surface area (Å²) in [5.74, 6) is -3.20. The van der Waals surface area contributed by atoms with Crippen LogP contribution in [0.4, 0.5) is 0 Å². The third-order valence-corrected chi connectivity index (χ3v) is 3.90. The summed E-state index contributed by atoms with van der Waals surface area (Å²) in [5, 5.41) is 8.44. The number of methoxy groups -OCH3 is 1. The fraction of sp³-hybridized carbons (Fsp3) is 0.750. The van der Waals surface area contributed by atoms with Gasteiger partial charge in [0.05, 0.1) is 18.8 Å². The second-order valence-corrected chi connectivity index (χ2v) is 5.47. The Kier molecular flexibility index (Phi) is 5.39. The molecule has 16 heavy (non-hydrogen) atoms. The quantitative estimate of drug-likeness (QED) is 0.618. The van der Waals surface area contributed by atoms with E-state index in [0.29, 0.717) is 4.31 Å². The van der Waals surface area contributed by atoms with Crippen molar-refractivity contribution in [1.82, 2.24) is 4.31 Å². The summed E-state index contributed by atoms with van der Waals surface area (Å²) in [6.45, 7) is 0.772. The average molecular weight is 253 g/mol. The minimum atomic E-state index is -3.76. The van der Waals surface area contributed by atoms with Gasteiger partial charge in [-0.3, -0.25) is 9.59 Å². The fourth-order valence-electron chi connectivity index (χ4n) is 1.00. The van der Waals surface area contributed by atoms with Crippen LogP contribution in [-0.4, -0.2) is 56.2 Å². The zero-order chi connectivity index (χ0) is 12.9. The second-order valence-electron chi connectivity index (χ2n) is 3.35. The van der Waals surface area contributed by atoms with Crippen LogP contribution in [0.1, 0.15) is 6.92 Å². The van der Waals surface area contributed by atoms with Gasteiger partial charge in [-0.15, -0.1) is 0 Å². The molecule has 8 heteroatoms. The van der Waals surface area contributed by atoms with E-state index in [4.69, 9.17) is 5.11 Å². The predicted molar refractivity (Wildman–Crippen MR) is 55.2 cm³/mol. The highest BCUT2D eigenvalue weighted by Crippen LogP contribution is 2.07. The first kappa shape index (κ1) is 14.8. The van der Waals surface area contributed by atoms with Gasteiger partial charge in [0.25, 0.3) is 0 Å². The van der Waals surface area contributed by atoms with Gasteiger partial charge in [-0.1, -0.05) is 6.92 Å². The van der Waals surface area contributed by atoms with Crippen LogP contribution in [0, 0.1) is 5.92 Å². The van der Waals surface area contributed by atoms with Crippen LogP contribution in [0.2, 0.25) is 0 Å². The van der Waals surface area contributed by atoms with Crippen molar-refractivity contribution in [2.75, 3.05) is 26.5 Å². The number of carbonyl (C=O) groups excluding carboxylic acids is 1. The number of carbonyl (C=O) groups is 2. The standard InChI is InChI=1S/C8H15NO6S/c1-6(8(12)15-3)5-16(13,14)9(2)4-7(10)11/h6H,4-5H2,1-3H3,(H,10,11). The molecule has 0 radical (unpaired) electrons. The topological polar surface area (TPSA) is 101 Å². The highest BCUT2D eigenvalue weighted by molar-refractivity contribution is 7.89. The molecule has 7 nitrogen and oxygen atoms in total. The number of rotatable bonds is 6. The van der Waals surface area contributed by atoms with Crippen molar-refractivity contribution in [3.05, 3.63) is 0 Å². The Bertz CT molecular complexity index is 363. The zero-order valence-corrected chi connectivity index (χ0v) is 10.2. The van der Waals surface area contributed by atoms with Gasteiger partial charge in [-0.25, -0.2) is 8.42 Å². The third kappa shape index (κ3) is 4.58. The number of hydrogen-bond donors (Lipinski definition) is 1. The lowest BCUT2D eigenvalue weighted by Crippen LogP contribution is -2.37. The lowest BCUT2D eigenvalue weighted by Gasteiger charge is -2.16. The molecular weight excluding hydrogens is 238 g/mol. The molecule has 0 saturated carbocycles. The number of aliphatic carboxylic acids is 1. The van der Waals surface area contributed by atoms with Crippen molar-refractivity contribution in [3.8, 4) is 0 Å². The minimum Gasteiger partial charge on any atom is -0.480 e. The SMILES string of the molecule is COC(=O)C(C)CS(=O)(=O)N(C)CC(=O)O. The van der Waals surface area contributed by atoms with E-state index in [1.165, 1.54) is 6.92 Å². The summed E-state index contributed by atoms with van der Waals surface area (Å²) in [6, 6.07) is 0. The van der Waals surface area contributed by atoms with Crippen LogP contribution in [0.3, 0.4) is 0 Å². The van der Waals surface area contributed by atoms with Crippen molar-refractivity contribution in [1.29, 1.82) is 0 Å². The summed E-state index contributed by atoms with van der Waals surface area (Å²) in [4.78, 5) is 21.3. The van der Waals surface area contributed by atoms with Gasteiger partial charge < -0.3 is 9.84 Å². The molecule has 0 saturated heterocycles. The number of sulfonamides is 1. The van der Waals surface area contributed by atoms with Crippen LogP contribution < -0.4 is 0 Å². The van der Waals surface area contributed by atoms with Crippen LogP contribution in [0.25, 0.3) is 0 Å². The summed E-state index contributed by atoms with van der Waals surface area (Å²) in [7, 11) is -1.45. The molecule has 1 atom stereocenters. The van der Waals surface area contributed by atoms with Crippen molar-refractivity contribution >= 4 is 22.0 Å². The molecule has 1 N–H and O–H groups in total. The molecule has 0 heterocycles. The first-order chi connectivity index (χ1) is 7.20. The molecule has 0 rings (SSSR count). The molecule has 94 valence electrons. The number of carboxylic acid groups (broad SMARTS) is 1. The normalized spacial score (nSPS) is 13.5. The number of nitrogens with zero attached hydrogens (tertiary/aromatic N) is 1. The number of esters is 1. The lowest BCUT2D eigenvalue weighted by molar-refractivity contribution is -0.144. The Balaban J connectivity index is 4.57. The Morgan fingerprint density at radius 3 is 2.31 bits per heavy atom. The molecule has 0 amide bonds. The average Bonchev–Trinajstić information content (AvgIpc) is 2.14. The molecular formula is C8H15NO6S. The number of ether oxygens (including phenoxy) is 1. The van der Waals surface area contributed by atoms with E-state index in [1.54, 1.807) is 0 Å². The van der Waals surface area contributed by atoms with Crippen LogP contribution in [0.15, 0.2) is 0 Å². The third-order valence-electron chi connectivity index (χ3n) is 1.90. The van der Waals surface area contributed by atoms with Gasteiger partial charge in [0.1, 0.15) is 6.54 Å². The van der Waals surface area contributed by atoms with E-state index in [0.717, 1.165) is 14.2 Å². The van der Waals surface area contributed by atoms with Gasteiger partial charge in [0, 0.05) is 7.05 Å². The monoisotopic (exact) mass is 253 g/mol. The van der Waals surface area contributed by atoms with Crippen LogP contribution in [-0.2, 0) is 24.3 Å². The fourth-order valence-corrected chi connectivity index (χ4v) is 2.33. The Morgan fingerprint density at radius 1 is 1.44 bits per heavy atom. The van der Waals surface area contributed by atoms with Crippen molar-refractivity contribution < 1.29 is 27.9 Å². The Labute approximate surface area is 94.0 Å². The molecule has 0 aromatic carbocycles. The largest absolute Gasteiger partial charge is 0.480 e. The molecule has 0 spiro atoms. The molecule has 0 aliphatic heterocycles. The first-order valence-electron chi connectivity index (χ1n) is 4.44. The summed E-state index contributed by atoms with van der Waals surface area (Å²) in [6.07, 6.45) is 0. The Hall–Kier alpha value is -1.15. The van der Waals surface area contributed by atoms with Gasteiger partial charge >= 0.3 is 11.9 Å². The highest BCUT2D eigenvalue weighted by Gasteiger charge is 2.26. The van der Waals surface area contributed by atoms with E-state index in [2.05, 4.69) is 4.74 Å². The maximum Gasteiger partial charge on any atom is 0.318 e. The van der Waals surface area contributed by atoms with Gasteiger partial charge in [0.15, 0.2) is 0 Å². The second kappa shape index (κ2) is 5.80. The molecule has 0 aliphatic carbocycles.